The molecule has 0 unspecified atom stereocenters. The fourth-order valence-electron chi connectivity index (χ4n) is 2.16. The summed E-state index contributed by atoms with van der Waals surface area (Å²) in [5.41, 5.74) is 6.60. The molecule has 0 bridgehead atoms. The number of rotatable bonds is 8. The number of carbonyl (C=O) groups excluding carboxylic acids is 1. The summed E-state index contributed by atoms with van der Waals surface area (Å²) < 4.78 is 5.61. The standard InChI is InChI=1S/C17H28N2O2/c1-13(2)10-19(11-14(3)4)17(20)12-21-16-7-5-6-15(8-16)9-18/h5-8,13-14H,9-12,18H2,1-4H3. The van der Waals surface area contributed by atoms with Gasteiger partial charge in [-0.1, -0.05) is 39.8 Å². The Morgan fingerprint density at radius 1 is 1.19 bits per heavy atom. The summed E-state index contributed by atoms with van der Waals surface area (Å²) >= 11 is 0. The fourth-order valence-corrected chi connectivity index (χ4v) is 2.16. The van der Waals surface area contributed by atoms with Gasteiger partial charge >= 0.3 is 0 Å². The number of amides is 1. The lowest BCUT2D eigenvalue weighted by Gasteiger charge is -2.26. The summed E-state index contributed by atoms with van der Waals surface area (Å²) in [6, 6.07) is 7.56. The molecule has 4 heteroatoms. The summed E-state index contributed by atoms with van der Waals surface area (Å²) in [5, 5.41) is 0. The Bertz CT molecular complexity index is 434. The lowest BCUT2D eigenvalue weighted by Crippen LogP contribution is -2.39. The zero-order valence-corrected chi connectivity index (χ0v) is 13.6. The first-order valence-electron chi connectivity index (χ1n) is 7.62. The predicted octanol–water partition coefficient (Wildman–Crippen LogP) is 2.66. The second-order valence-corrected chi connectivity index (χ2v) is 6.23. The van der Waals surface area contributed by atoms with Gasteiger partial charge in [-0.05, 0) is 29.5 Å². The molecule has 0 spiro atoms. The van der Waals surface area contributed by atoms with Crippen molar-refractivity contribution in [3.8, 4) is 5.75 Å². The Kier molecular flexibility index (Phi) is 7.23. The van der Waals surface area contributed by atoms with E-state index in [9.17, 15) is 4.79 Å². The van der Waals surface area contributed by atoms with Gasteiger partial charge in [0.25, 0.3) is 5.91 Å². The zero-order valence-electron chi connectivity index (χ0n) is 13.6. The quantitative estimate of drug-likeness (QED) is 0.801. The molecular weight excluding hydrogens is 264 g/mol. The lowest BCUT2D eigenvalue weighted by atomic mass is 10.1. The van der Waals surface area contributed by atoms with Gasteiger partial charge in [-0.15, -0.1) is 0 Å². The molecule has 118 valence electrons. The van der Waals surface area contributed by atoms with Crippen LogP contribution in [0.25, 0.3) is 0 Å². The summed E-state index contributed by atoms with van der Waals surface area (Å²) in [7, 11) is 0. The van der Waals surface area contributed by atoms with Gasteiger partial charge < -0.3 is 15.4 Å². The van der Waals surface area contributed by atoms with Gasteiger partial charge in [-0.25, -0.2) is 0 Å². The first kappa shape index (κ1) is 17.5. The van der Waals surface area contributed by atoms with E-state index in [4.69, 9.17) is 10.5 Å². The zero-order chi connectivity index (χ0) is 15.8. The molecule has 4 nitrogen and oxygen atoms in total. The molecule has 1 rings (SSSR count). The average molecular weight is 292 g/mol. The molecule has 1 aromatic carbocycles. The van der Waals surface area contributed by atoms with Gasteiger partial charge in [0, 0.05) is 19.6 Å². The minimum Gasteiger partial charge on any atom is -0.484 e. The maximum atomic E-state index is 12.3. The number of nitrogens with two attached hydrogens (primary N) is 1. The van der Waals surface area contributed by atoms with Gasteiger partial charge in [0.15, 0.2) is 6.61 Å². The molecule has 0 aromatic heterocycles. The molecule has 0 aliphatic carbocycles. The summed E-state index contributed by atoms with van der Waals surface area (Å²) in [6.07, 6.45) is 0. The van der Waals surface area contributed by atoms with Gasteiger partial charge in [0.2, 0.25) is 0 Å². The van der Waals surface area contributed by atoms with Crippen LogP contribution < -0.4 is 10.5 Å². The monoisotopic (exact) mass is 292 g/mol. The van der Waals surface area contributed by atoms with E-state index in [0.29, 0.717) is 24.1 Å². The van der Waals surface area contributed by atoms with Crippen LogP contribution in [0, 0.1) is 11.8 Å². The first-order chi connectivity index (χ1) is 9.92. The highest BCUT2D eigenvalue weighted by atomic mass is 16.5. The highest BCUT2D eigenvalue weighted by Crippen LogP contribution is 2.13. The molecule has 0 aliphatic rings. The Hall–Kier alpha value is -1.55. The van der Waals surface area contributed by atoms with E-state index in [-0.39, 0.29) is 12.5 Å². The molecule has 2 N–H and O–H groups in total. The van der Waals surface area contributed by atoms with E-state index in [2.05, 4.69) is 27.7 Å². The molecule has 1 amide bonds. The van der Waals surface area contributed by atoms with E-state index in [1.807, 2.05) is 29.2 Å². The third-order valence-electron chi connectivity index (χ3n) is 3.02. The highest BCUT2D eigenvalue weighted by Gasteiger charge is 2.16. The Morgan fingerprint density at radius 2 is 1.81 bits per heavy atom. The van der Waals surface area contributed by atoms with Crippen LogP contribution in [0.15, 0.2) is 24.3 Å². The van der Waals surface area contributed by atoms with Crippen LogP contribution in [-0.4, -0.2) is 30.5 Å². The summed E-state index contributed by atoms with van der Waals surface area (Å²) in [6.45, 7) is 10.6. The van der Waals surface area contributed by atoms with Crippen molar-refractivity contribution in [1.29, 1.82) is 0 Å². The SMILES string of the molecule is CC(C)CN(CC(C)C)C(=O)COc1cccc(CN)c1. The van der Waals surface area contributed by atoms with Crippen molar-refractivity contribution in [3.05, 3.63) is 29.8 Å². The van der Waals surface area contributed by atoms with E-state index >= 15 is 0 Å². The maximum Gasteiger partial charge on any atom is 0.260 e. The van der Waals surface area contributed by atoms with Gasteiger partial charge in [-0.3, -0.25) is 4.79 Å². The summed E-state index contributed by atoms with van der Waals surface area (Å²) in [4.78, 5) is 14.2. The molecule has 0 heterocycles. The van der Waals surface area contributed by atoms with Crippen molar-refractivity contribution in [1.82, 2.24) is 4.90 Å². The van der Waals surface area contributed by atoms with Crippen LogP contribution in [0.5, 0.6) is 5.75 Å². The predicted molar refractivity (Wildman–Crippen MR) is 86.1 cm³/mol. The van der Waals surface area contributed by atoms with E-state index in [1.54, 1.807) is 0 Å². The second kappa shape index (κ2) is 8.67. The molecule has 0 saturated heterocycles. The number of hydrogen-bond acceptors (Lipinski definition) is 3. The van der Waals surface area contributed by atoms with Crippen LogP contribution in [-0.2, 0) is 11.3 Å². The van der Waals surface area contributed by atoms with Gasteiger partial charge in [0.05, 0.1) is 0 Å². The second-order valence-electron chi connectivity index (χ2n) is 6.23. The third kappa shape index (κ3) is 6.63. The normalized spacial score (nSPS) is 11.0. The van der Waals surface area contributed by atoms with Crippen molar-refractivity contribution < 1.29 is 9.53 Å². The molecule has 0 saturated carbocycles. The Balaban J connectivity index is 2.59. The van der Waals surface area contributed by atoms with Crippen LogP contribution in [0.4, 0.5) is 0 Å². The van der Waals surface area contributed by atoms with Crippen molar-refractivity contribution in [3.63, 3.8) is 0 Å². The van der Waals surface area contributed by atoms with Crippen LogP contribution in [0.1, 0.15) is 33.3 Å². The highest BCUT2D eigenvalue weighted by molar-refractivity contribution is 5.77. The van der Waals surface area contributed by atoms with Gasteiger partial charge in [-0.2, -0.15) is 0 Å². The van der Waals surface area contributed by atoms with Gasteiger partial charge in [0.1, 0.15) is 5.75 Å². The molecule has 0 atom stereocenters. The minimum absolute atomic E-state index is 0.0375. The Labute approximate surface area is 128 Å². The number of benzene rings is 1. The fraction of sp³-hybridized carbons (Fsp3) is 0.588. The first-order valence-corrected chi connectivity index (χ1v) is 7.62. The molecular formula is C17H28N2O2. The third-order valence-corrected chi connectivity index (χ3v) is 3.02. The number of carbonyl (C=O) groups is 1. The largest absolute Gasteiger partial charge is 0.484 e. The smallest absolute Gasteiger partial charge is 0.260 e. The average Bonchev–Trinajstić information content (AvgIpc) is 2.43. The van der Waals surface area contributed by atoms with E-state index in [1.165, 1.54) is 0 Å². The van der Waals surface area contributed by atoms with Crippen LogP contribution in [0.2, 0.25) is 0 Å². The minimum atomic E-state index is 0.0375. The van der Waals surface area contributed by atoms with E-state index < -0.39 is 0 Å². The van der Waals surface area contributed by atoms with Crippen molar-refractivity contribution in [2.75, 3.05) is 19.7 Å². The number of nitrogens with zero attached hydrogens (tertiary/aromatic N) is 1. The topological polar surface area (TPSA) is 55.6 Å². The molecule has 21 heavy (non-hydrogen) atoms. The maximum absolute atomic E-state index is 12.3. The summed E-state index contributed by atoms with van der Waals surface area (Å²) in [5.74, 6) is 1.64. The van der Waals surface area contributed by atoms with Crippen molar-refractivity contribution in [2.45, 2.75) is 34.2 Å². The molecule has 0 fully saturated rings. The van der Waals surface area contributed by atoms with Crippen molar-refractivity contribution >= 4 is 5.91 Å². The lowest BCUT2D eigenvalue weighted by molar-refractivity contribution is -0.134. The van der Waals surface area contributed by atoms with Crippen LogP contribution >= 0.6 is 0 Å². The van der Waals surface area contributed by atoms with E-state index in [0.717, 1.165) is 18.7 Å². The molecule has 0 aliphatic heterocycles. The molecule has 0 radical (unpaired) electrons. The number of hydrogen-bond donors (Lipinski definition) is 1. The Morgan fingerprint density at radius 3 is 2.33 bits per heavy atom. The molecule has 1 aromatic rings. The number of ether oxygens (including phenoxy) is 1. The van der Waals surface area contributed by atoms with Crippen LogP contribution in [0.3, 0.4) is 0 Å². The van der Waals surface area contributed by atoms with Crippen molar-refractivity contribution in [2.24, 2.45) is 17.6 Å².